The van der Waals surface area contributed by atoms with Crippen molar-refractivity contribution >= 4 is 5.78 Å². The predicted octanol–water partition coefficient (Wildman–Crippen LogP) is 4.14. The molecular weight excluding hydrogens is 236 g/mol. The molecule has 0 N–H and O–H groups in total. The van der Waals surface area contributed by atoms with E-state index in [2.05, 4.69) is 24.0 Å². The van der Waals surface area contributed by atoms with Crippen molar-refractivity contribution in [2.24, 2.45) is 5.92 Å². The molecule has 0 fully saturated rings. The van der Waals surface area contributed by atoms with E-state index in [0.717, 1.165) is 36.2 Å². The molecule has 0 saturated heterocycles. The lowest BCUT2D eigenvalue weighted by Crippen LogP contribution is -2.12. The number of carbonyl (C=O) groups is 1. The molecule has 1 heterocycles. The lowest BCUT2D eigenvalue weighted by Gasteiger charge is -2.14. The molecule has 1 aromatic rings. The van der Waals surface area contributed by atoms with Crippen molar-refractivity contribution in [3.05, 3.63) is 23.0 Å². The number of aryl methyl sites for hydroxylation is 2. The Labute approximate surface area is 116 Å². The number of hydrogen-bond acceptors (Lipinski definition) is 3. The molecule has 0 amide bonds. The maximum atomic E-state index is 12.4. The van der Waals surface area contributed by atoms with Crippen molar-refractivity contribution in [1.29, 1.82) is 0 Å². The Bertz CT molecular complexity index is 415. The standard InChI is InChI=1S/C16H26N2O/c1-5-8-9-13(6-2)11-16(19)14-10-12(4)17-18-15(14)7-3/h10,13H,5-9,11H2,1-4H3. The first-order valence-electron chi connectivity index (χ1n) is 7.48. The minimum atomic E-state index is 0.234. The topological polar surface area (TPSA) is 42.9 Å². The Morgan fingerprint density at radius 3 is 2.58 bits per heavy atom. The summed E-state index contributed by atoms with van der Waals surface area (Å²) >= 11 is 0. The van der Waals surface area contributed by atoms with Gasteiger partial charge in [-0.25, -0.2) is 0 Å². The van der Waals surface area contributed by atoms with E-state index >= 15 is 0 Å². The summed E-state index contributed by atoms with van der Waals surface area (Å²) in [4.78, 5) is 12.4. The molecule has 106 valence electrons. The van der Waals surface area contributed by atoms with E-state index in [1.54, 1.807) is 0 Å². The van der Waals surface area contributed by atoms with E-state index in [-0.39, 0.29) is 5.78 Å². The summed E-state index contributed by atoms with van der Waals surface area (Å²) in [5.41, 5.74) is 2.44. The number of unbranched alkanes of at least 4 members (excludes halogenated alkanes) is 1. The van der Waals surface area contributed by atoms with Crippen LogP contribution in [-0.4, -0.2) is 16.0 Å². The number of carbonyl (C=O) groups excluding carboxylic acids is 1. The molecule has 0 aliphatic carbocycles. The molecule has 1 rings (SSSR count). The van der Waals surface area contributed by atoms with Gasteiger partial charge in [-0.2, -0.15) is 10.2 Å². The summed E-state index contributed by atoms with van der Waals surface area (Å²) in [5, 5.41) is 8.18. The van der Waals surface area contributed by atoms with Crippen LogP contribution in [0.5, 0.6) is 0 Å². The van der Waals surface area contributed by atoms with Crippen LogP contribution in [-0.2, 0) is 6.42 Å². The molecule has 0 saturated carbocycles. The summed E-state index contributed by atoms with van der Waals surface area (Å²) in [7, 11) is 0. The fourth-order valence-corrected chi connectivity index (χ4v) is 2.33. The summed E-state index contributed by atoms with van der Waals surface area (Å²) in [6, 6.07) is 1.89. The molecule has 0 radical (unpaired) electrons. The van der Waals surface area contributed by atoms with E-state index in [0.29, 0.717) is 12.3 Å². The van der Waals surface area contributed by atoms with Crippen LogP contribution in [0.3, 0.4) is 0 Å². The minimum Gasteiger partial charge on any atom is -0.294 e. The maximum Gasteiger partial charge on any atom is 0.165 e. The quantitative estimate of drug-likeness (QED) is 0.661. The van der Waals surface area contributed by atoms with Gasteiger partial charge >= 0.3 is 0 Å². The fraction of sp³-hybridized carbons (Fsp3) is 0.688. The Kier molecular flexibility index (Phi) is 6.68. The van der Waals surface area contributed by atoms with Crippen LogP contribution >= 0.6 is 0 Å². The Hall–Kier alpha value is -1.25. The first-order valence-corrected chi connectivity index (χ1v) is 7.48. The van der Waals surface area contributed by atoms with E-state index in [1.807, 2.05) is 19.9 Å². The largest absolute Gasteiger partial charge is 0.294 e. The second-order valence-electron chi connectivity index (χ2n) is 5.24. The highest BCUT2D eigenvalue weighted by Crippen LogP contribution is 2.20. The molecule has 0 aliphatic heterocycles. The van der Waals surface area contributed by atoms with Crippen molar-refractivity contribution in [2.75, 3.05) is 0 Å². The molecule has 1 aromatic heterocycles. The molecule has 0 spiro atoms. The predicted molar refractivity (Wildman–Crippen MR) is 78.4 cm³/mol. The summed E-state index contributed by atoms with van der Waals surface area (Å²) in [6.45, 7) is 8.27. The Balaban J connectivity index is 2.78. The highest BCUT2D eigenvalue weighted by Gasteiger charge is 2.17. The second kappa shape index (κ2) is 8.03. The van der Waals surface area contributed by atoms with E-state index in [9.17, 15) is 4.79 Å². The van der Waals surface area contributed by atoms with Gasteiger partial charge in [-0.05, 0) is 25.3 Å². The van der Waals surface area contributed by atoms with Gasteiger partial charge in [-0.15, -0.1) is 0 Å². The van der Waals surface area contributed by atoms with E-state index in [4.69, 9.17) is 0 Å². The van der Waals surface area contributed by atoms with Crippen molar-refractivity contribution < 1.29 is 4.79 Å². The normalized spacial score (nSPS) is 12.4. The second-order valence-corrected chi connectivity index (χ2v) is 5.24. The number of nitrogens with zero attached hydrogens (tertiary/aromatic N) is 2. The van der Waals surface area contributed by atoms with Crippen LogP contribution in [0.15, 0.2) is 6.07 Å². The van der Waals surface area contributed by atoms with Gasteiger partial charge < -0.3 is 0 Å². The monoisotopic (exact) mass is 262 g/mol. The first-order chi connectivity index (χ1) is 9.12. The highest BCUT2D eigenvalue weighted by atomic mass is 16.1. The van der Waals surface area contributed by atoms with Crippen LogP contribution in [0.2, 0.25) is 0 Å². The molecule has 3 nitrogen and oxygen atoms in total. The van der Waals surface area contributed by atoms with E-state index in [1.165, 1.54) is 12.8 Å². The molecule has 0 aromatic carbocycles. The number of rotatable bonds is 8. The molecular formula is C16H26N2O. The van der Waals surface area contributed by atoms with Crippen molar-refractivity contribution in [3.63, 3.8) is 0 Å². The Morgan fingerprint density at radius 1 is 1.26 bits per heavy atom. The van der Waals surface area contributed by atoms with Crippen molar-refractivity contribution in [2.45, 2.75) is 66.2 Å². The number of ketones is 1. The average molecular weight is 262 g/mol. The Morgan fingerprint density at radius 2 is 2.00 bits per heavy atom. The van der Waals surface area contributed by atoms with Crippen molar-refractivity contribution in [1.82, 2.24) is 10.2 Å². The maximum absolute atomic E-state index is 12.4. The number of hydrogen-bond donors (Lipinski definition) is 0. The van der Waals surface area contributed by atoms with Gasteiger partial charge in [0.25, 0.3) is 0 Å². The van der Waals surface area contributed by atoms with Gasteiger partial charge in [0.05, 0.1) is 11.4 Å². The van der Waals surface area contributed by atoms with Gasteiger partial charge in [0.2, 0.25) is 0 Å². The first kappa shape index (κ1) is 15.8. The lowest BCUT2D eigenvalue weighted by molar-refractivity contribution is 0.0955. The van der Waals surface area contributed by atoms with Crippen LogP contribution < -0.4 is 0 Å². The van der Waals surface area contributed by atoms with Crippen LogP contribution in [0, 0.1) is 12.8 Å². The molecule has 0 bridgehead atoms. The summed E-state index contributed by atoms with van der Waals surface area (Å²) < 4.78 is 0. The zero-order chi connectivity index (χ0) is 14.3. The zero-order valence-electron chi connectivity index (χ0n) is 12.7. The zero-order valence-corrected chi connectivity index (χ0v) is 12.7. The smallest absolute Gasteiger partial charge is 0.165 e. The third-order valence-electron chi connectivity index (χ3n) is 3.65. The molecule has 0 aliphatic rings. The summed E-state index contributed by atoms with van der Waals surface area (Å²) in [6.07, 6.45) is 6.04. The van der Waals surface area contributed by atoms with Crippen LogP contribution in [0.25, 0.3) is 0 Å². The van der Waals surface area contributed by atoms with Crippen LogP contribution in [0.1, 0.15) is 74.6 Å². The fourth-order valence-electron chi connectivity index (χ4n) is 2.33. The minimum absolute atomic E-state index is 0.234. The molecule has 1 atom stereocenters. The van der Waals surface area contributed by atoms with Gasteiger partial charge in [0.15, 0.2) is 5.78 Å². The number of Topliss-reactive ketones (excluding diaryl/α,β-unsaturated/α-hetero) is 1. The third-order valence-corrected chi connectivity index (χ3v) is 3.65. The molecule has 1 unspecified atom stereocenters. The van der Waals surface area contributed by atoms with Gasteiger partial charge in [-0.1, -0.05) is 46.5 Å². The molecule has 19 heavy (non-hydrogen) atoms. The SMILES string of the molecule is CCCCC(CC)CC(=O)c1cc(C)nnc1CC. The van der Waals surface area contributed by atoms with Crippen molar-refractivity contribution in [3.8, 4) is 0 Å². The average Bonchev–Trinajstić information content (AvgIpc) is 2.43. The van der Waals surface area contributed by atoms with Gasteiger partial charge in [0.1, 0.15) is 0 Å². The van der Waals surface area contributed by atoms with E-state index < -0.39 is 0 Å². The molecule has 3 heteroatoms. The number of aromatic nitrogens is 2. The summed E-state index contributed by atoms with van der Waals surface area (Å²) in [5.74, 6) is 0.739. The highest BCUT2D eigenvalue weighted by molar-refractivity contribution is 5.97. The third kappa shape index (κ3) is 4.73. The van der Waals surface area contributed by atoms with Crippen LogP contribution in [0.4, 0.5) is 0 Å². The lowest BCUT2D eigenvalue weighted by atomic mass is 9.91. The van der Waals surface area contributed by atoms with Gasteiger partial charge in [0, 0.05) is 12.0 Å². The van der Waals surface area contributed by atoms with Gasteiger partial charge in [-0.3, -0.25) is 4.79 Å².